The number of nitrogens with one attached hydrogen (secondary N) is 1. The summed E-state index contributed by atoms with van der Waals surface area (Å²) in [5.74, 6) is -0.319. The van der Waals surface area contributed by atoms with Crippen molar-refractivity contribution in [2.75, 3.05) is 5.32 Å². The molecule has 0 saturated carbocycles. The van der Waals surface area contributed by atoms with Crippen LogP contribution in [0.3, 0.4) is 0 Å². The van der Waals surface area contributed by atoms with Crippen LogP contribution in [0.5, 0.6) is 0 Å². The number of carbonyl (C=O) groups is 1. The fourth-order valence-electron chi connectivity index (χ4n) is 2.67. The van der Waals surface area contributed by atoms with Gasteiger partial charge in [0.1, 0.15) is 6.04 Å². The lowest BCUT2D eigenvalue weighted by Crippen LogP contribution is -2.35. The summed E-state index contributed by atoms with van der Waals surface area (Å²) in [6.07, 6.45) is 1.50. The smallest absolute Gasteiger partial charge is 0.324 e. The Morgan fingerprint density at radius 2 is 1.85 bits per heavy atom. The molecular formula is C20H20N4O2. The summed E-state index contributed by atoms with van der Waals surface area (Å²) in [4.78, 5) is 28.9. The predicted molar refractivity (Wildman–Crippen MR) is 101 cm³/mol. The number of benzene rings is 2. The molecular weight excluding hydrogens is 328 g/mol. The molecule has 0 aliphatic carbocycles. The van der Waals surface area contributed by atoms with Crippen LogP contribution in [0.2, 0.25) is 0 Å². The Morgan fingerprint density at radius 3 is 2.50 bits per heavy atom. The number of aromatic nitrogens is 3. The highest BCUT2D eigenvalue weighted by Crippen LogP contribution is 2.18. The van der Waals surface area contributed by atoms with Gasteiger partial charge in [0.15, 0.2) is 0 Å². The zero-order valence-electron chi connectivity index (χ0n) is 14.9. The molecule has 1 heterocycles. The summed E-state index contributed by atoms with van der Waals surface area (Å²) in [7, 11) is 0. The lowest BCUT2D eigenvalue weighted by Gasteiger charge is -2.15. The third-order valence-corrected chi connectivity index (χ3v) is 4.17. The maximum Gasteiger partial charge on any atom is 0.365 e. The van der Waals surface area contributed by atoms with Crippen LogP contribution in [0.15, 0.2) is 59.5 Å². The van der Waals surface area contributed by atoms with Crippen LogP contribution in [0.4, 0.5) is 5.69 Å². The molecule has 0 radical (unpaired) electrons. The van der Waals surface area contributed by atoms with Gasteiger partial charge >= 0.3 is 5.69 Å². The Labute approximate surface area is 151 Å². The van der Waals surface area contributed by atoms with Crippen molar-refractivity contribution in [1.29, 1.82) is 0 Å². The van der Waals surface area contributed by atoms with Gasteiger partial charge in [-0.2, -0.15) is 10.1 Å². The van der Waals surface area contributed by atoms with Crippen molar-refractivity contribution in [3.63, 3.8) is 0 Å². The van der Waals surface area contributed by atoms with E-state index in [1.807, 2.05) is 62.4 Å². The normalized spacial score (nSPS) is 11.8. The highest BCUT2D eigenvalue weighted by molar-refractivity contribution is 5.94. The van der Waals surface area contributed by atoms with Crippen LogP contribution >= 0.6 is 0 Å². The highest BCUT2D eigenvalue weighted by Gasteiger charge is 2.19. The fourth-order valence-corrected chi connectivity index (χ4v) is 2.67. The summed E-state index contributed by atoms with van der Waals surface area (Å²) in [5, 5.41) is 6.98. The second-order valence-corrected chi connectivity index (χ2v) is 6.22. The number of amides is 1. The quantitative estimate of drug-likeness (QED) is 0.786. The molecule has 26 heavy (non-hydrogen) atoms. The van der Waals surface area contributed by atoms with E-state index in [0.29, 0.717) is 5.69 Å². The molecule has 0 fully saturated rings. The van der Waals surface area contributed by atoms with Crippen molar-refractivity contribution >= 4 is 11.6 Å². The number of nitrogens with zero attached hydrogens (tertiary/aromatic N) is 3. The Hall–Kier alpha value is -3.28. The van der Waals surface area contributed by atoms with Gasteiger partial charge in [0.25, 0.3) is 0 Å². The lowest BCUT2D eigenvalue weighted by molar-refractivity contribution is -0.119. The molecule has 6 heteroatoms. The van der Waals surface area contributed by atoms with Gasteiger partial charge in [-0.25, -0.2) is 9.48 Å². The molecule has 0 aliphatic heterocycles. The zero-order valence-corrected chi connectivity index (χ0v) is 14.9. The molecule has 0 saturated heterocycles. The van der Waals surface area contributed by atoms with Gasteiger partial charge in [-0.1, -0.05) is 48.0 Å². The summed E-state index contributed by atoms with van der Waals surface area (Å²) in [5.41, 5.74) is 3.52. The number of rotatable bonds is 4. The molecule has 0 bridgehead atoms. The molecule has 0 aliphatic rings. The Bertz CT molecular complexity index is 996. The predicted octanol–water partition coefficient (Wildman–Crippen LogP) is 3.12. The molecule has 6 nitrogen and oxygen atoms in total. The molecule has 3 rings (SSSR count). The van der Waals surface area contributed by atoms with Crippen LogP contribution in [-0.2, 0) is 4.79 Å². The number of carbonyl (C=O) groups excluding carboxylic acids is 1. The molecule has 1 amide bonds. The molecule has 3 aromatic rings. The van der Waals surface area contributed by atoms with E-state index in [2.05, 4.69) is 15.4 Å². The van der Waals surface area contributed by atoms with Crippen molar-refractivity contribution in [1.82, 2.24) is 14.8 Å². The monoisotopic (exact) mass is 348 g/mol. The second-order valence-electron chi connectivity index (χ2n) is 6.22. The SMILES string of the molecule is Cc1ccc(NC(=O)[C@@H](C)n2ncc(-c3ccccc3)nc2=O)c(C)c1. The Balaban J connectivity index is 1.82. The third kappa shape index (κ3) is 3.69. The molecule has 1 aromatic heterocycles. The number of hydrogen-bond donors (Lipinski definition) is 1. The zero-order chi connectivity index (χ0) is 18.7. The van der Waals surface area contributed by atoms with Gasteiger partial charge in [0.05, 0.1) is 11.9 Å². The van der Waals surface area contributed by atoms with Crippen molar-refractivity contribution in [3.05, 3.63) is 76.3 Å². The van der Waals surface area contributed by atoms with Crippen LogP contribution in [-0.4, -0.2) is 20.7 Å². The topological polar surface area (TPSA) is 76.9 Å². The summed E-state index contributed by atoms with van der Waals surface area (Å²) in [6, 6.07) is 14.3. The Kier molecular flexibility index (Phi) is 4.93. The lowest BCUT2D eigenvalue weighted by atomic mass is 10.1. The van der Waals surface area contributed by atoms with E-state index in [-0.39, 0.29) is 5.91 Å². The van der Waals surface area contributed by atoms with Crippen LogP contribution in [0.25, 0.3) is 11.3 Å². The number of anilines is 1. The molecule has 2 aromatic carbocycles. The number of hydrogen-bond acceptors (Lipinski definition) is 4. The van der Waals surface area contributed by atoms with Gasteiger partial charge in [-0.3, -0.25) is 4.79 Å². The average molecular weight is 348 g/mol. The minimum atomic E-state index is -0.777. The van der Waals surface area contributed by atoms with Crippen molar-refractivity contribution in [2.45, 2.75) is 26.8 Å². The van der Waals surface area contributed by atoms with Crippen LogP contribution in [0, 0.1) is 13.8 Å². The highest BCUT2D eigenvalue weighted by atomic mass is 16.2. The van der Waals surface area contributed by atoms with E-state index < -0.39 is 11.7 Å². The third-order valence-electron chi connectivity index (χ3n) is 4.17. The second kappa shape index (κ2) is 7.31. The molecule has 0 unspecified atom stereocenters. The maximum absolute atomic E-state index is 12.5. The van der Waals surface area contributed by atoms with Crippen molar-refractivity contribution in [2.24, 2.45) is 0 Å². The standard InChI is InChI=1S/C20H20N4O2/c1-13-9-10-17(14(2)11-13)22-19(25)15(3)24-20(26)23-18(12-21-24)16-7-5-4-6-8-16/h4-12,15H,1-3H3,(H,22,25)/t15-/m1/s1. The molecule has 132 valence electrons. The van der Waals surface area contributed by atoms with Crippen LogP contribution in [0.1, 0.15) is 24.1 Å². The average Bonchev–Trinajstić information content (AvgIpc) is 2.64. The van der Waals surface area contributed by atoms with E-state index in [1.54, 1.807) is 6.92 Å². The van der Waals surface area contributed by atoms with Crippen molar-refractivity contribution < 1.29 is 4.79 Å². The molecule has 1 N–H and O–H groups in total. The van der Waals surface area contributed by atoms with Gasteiger partial charge in [0, 0.05) is 11.3 Å². The van der Waals surface area contributed by atoms with Gasteiger partial charge in [-0.05, 0) is 32.4 Å². The minimum Gasteiger partial charge on any atom is -0.324 e. The summed E-state index contributed by atoms with van der Waals surface area (Å²) < 4.78 is 1.09. The summed E-state index contributed by atoms with van der Waals surface area (Å²) >= 11 is 0. The van der Waals surface area contributed by atoms with E-state index >= 15 is 0 Å². The largest absolute Gasteiger partial charge is 0.365 e. The van der Waals surface area contributed by atoms with Crippen LogP contribution < -0.4 is 11.0 Å². The van der Waals surface area contributed by atoms with Gasteiger partial charge < -0.3 is 5.32 Å². The fraction of sp³-hybridized carbons (Fsp3) is 0.200. The first-order chi connectivity index (χ1) is 12.5. The first kappa shape index (κ1) is 17.5. The number of aryl methyl sites for hydroxylation is 2. The van der Waals surface area contributed by atoms with Gasteiger partial charge in [0.2, 0.25) is 5.91 Å². The minimum absolute atomic E-state index is 0.319. The first-order valence-electron chi connectivity index (χ1n) is 8.35. The van der Waals surface area contributed by atoms with E-state index in [0.717, 1.165) is 27.1 Å². The maximum atomic E-state index is 12.5. The van der Waals surface area contributed by atoms with Crippen molar-refractivity contribution in [3.8, 4) is 11.3 Å². The molecule has 0 spiro atoms. The first-order valence-corrected chi connectivity index (χ1v) is 8.35. The van der Waals surface area contributed by atoms with Gasteiger partial charge in [-0.15, -0.1) is 0 Å². The van der Waals surface area contributed by atoms with E-state index in [9.17, 15) is 9.59 Å². The van der Waals surface area contributed by atoms with E-state index in [4.69, 9.17) is 0 Å². The summed E-state index contributed by atoms with van der Waals surface area (Å²) in [6.45, 7) is 5.54. The molecule has 1 atom stereocenters. The van der Waals surface area contributed by atoms with E-state index in [1.165, 1.54) is 6.20 Å². The Morgan fingerprint density at radius 1 is 1.12 bits per heavy atom.